The molecule has 0 spiro atoms. The maximum absolute atomic E-state index is 12.0. The molecular formula is C19H31N3O2. The number of amides is 2. The fourth-order valence-electron chi connectivity index (χ4n) is 3.20. The number of anilines is 2. The molecule has 1 aromatic rings. The number of hydrogen-bond acceptors (Lipinski definition) is 3. The molecule has 0 aromatic heterocycles. The van der Waals surface area contributed by atoms with Gasteiger partial charge in [0.1, 0.15) is 0 Å². The average Bonchev–Trinajstić information content (AvgIpc) is 2.56. The number of benzene rings is 1. The summed E-state index contributed by atoms with van der Waals surface area (Å²) in [5, 5.41) is 14.7. The second kappa shape index (κ2) is 8.92. The van der Waals surface area contributed by atoms with Gasteiger partial charge in [0.05, 0.1) is 0 Å². The molecule has 1 fully saturated rings. The Bertz CT molecular complexity index is 547. The lowest BCUT2D eigenvalue weighted by atomic mass is 10.0. The molecule has 1 heterocycles. The van der Waals surface area contributed by atoms with E-state index < -0.39 is 0 Å². The topological polar surface area (TPSA) is 64.6 Å². The number of urea groups is 1. The van der Waals surface area contributed by atoms with Gasteiger partial charge in [-0.05, 0) is 69.2 Å². The van der Waals surface area contributed by atoms with E-state index in [0.717, 1.165) is 17.8 Å². The van der Waals surface area contributed by atoms with E-state index in [0.29, 0.717) is 19.0 Å². The van der Waals surface area contributed by atoms with Crippen LogP contribution < -0.4 is 15.5 Å². The summed E-state index contributed by atoms with van der Waals surface area (Å²) in [6, 6.07) is 6.63. The van der Waals surface area contributed by atoms with E-state index in [-0.39, 0.29) is 18.6 Å². The van der Waals surface area contributed by atoms with Crippen molar-refractivity contribution in [3.63, 3.8) is 0 Å². The zero-order chi connectivity index (χ0) is 17.5. The summed E-state index contributed by atoms with van der Waals surface area (Å²) in [4.78, 5) is 14.5. The standard InChI is InChI=1S/C19H31N3O2/c1-14(9-11-23)13-20-19(24)21-18-8-7-17(12-15(18)2)22-10-5-4-6-16(22)3/h7-8,12,14,16,23H,4-6,9-11,13H2,1-3H3,(H2,20,21,24). The Morgan fingerprint density at radius 1 is 1.42 bits per heavy atom. The van der Waals surface area contributed by atoms with Crippen molar-refractivity contribution in [3.05, 3.63) is 23.8 Å². The van der Waals surface area contributed by atoms with E-state index in [9.17, 15) is 4.79 Å². The van der Waals surface area contributed by atoms with Gasteiger partial charge in [-0.3, -0.25) is 0 Å². The number of carbonyl (C=O) groups is 1. The maximum atomic E-state index is 12.0. The quantitative estimate of drug-likeness (QED) is 0.746. The van der Waals surface area contributed by atoms with Gasteiger partial charge >= 0.3 is 6.03 Å². The highest BCUT2D eigenvalue weighted by Crippen LogP contribution is 2.28. The third-order valence-electron chi connectivity index (χ3n) is 4.83. The van der Waals surface area contributed by atoms with Gasteiger partial charge in [-0.1, -0.05) is 6.92 Å². The number of carbonyl (C=O) groups excluding carboxylic acids is 1. The lowest BCUT2D eigenvalue weighted by molar-refractivity contribution is 0.243. The number of rotatable bonds is 6. The van der Waals surface area contributed by atoms with Crippen LogP contribution >= 0.6 is 0 Å². The Hall–Kier alpha value is -1.75. The van der Waals surface area contributed by atoms with Crippen LogP contribution in [0.15, 0.2) is 18.2 Å². The van der Waals surface area contributed by atoms with Gasteiger partial charge in [0, 0.05) is 37.1 Å². The van der Waals surface area contributed by atoms with Crippen LogP contribution in [0.1, 0.15) is 45.1 Å². The average molecular weight is 333 g/mol. The van der Waals surface area contributed by atoms with Crippen LogP contribution in [0.2, 0.25) is 0 Å². The van der Waals surface area contributed by atoms with E-state index in [4.69, 9.17) is 5.11 Å². The van der Waals surface area contributed by atoms with Crippen molar-refractivity contribution in [2.24, 2.45) is 5.92 Å². The molecule has 2 atom stereocenters. The molecule has 1 aliphatic rings. The van der Waals surface area contributed by atoms with Gasteiger partial charge in [0.25, 0.3) is 0 Å². The van der Waals surface area contributed by atoms with Crippen LogP contribution in [0.25, 0.3) is 0 Å². The largest absolute Gasteiger partial charge is 0.396 e. The molecule has 2 unspecified atom stereocenters. The van der Waals surface area contributed by atoms with E-state index in [1.807, 2.05) is 19.9 Å². The first-order valence-corrected chi connectivity index (χ1v) is 9.04. The van der Waals surface area contributed by atoms with Crippen molar-refractivity contribution >= 4 is 17.4 Å². The number of aliphatic hydroxyl groups excluding tert-OH is 1. The summed E-state index contributed by atoms with van der Waals surface area (Å²) >= 11 is 0. The highest BCUT2D eigenvalue weighted by molar-refractivity contribution is 5.90. The van der Waals surface area contributed by atoms with Crippen molar-refractivity contribution in [2.45, 2.75) is 52.5 Å². The first-order valence-electron chi connectivity index (χ1n) is 9.04. The first kappa shape index (κ1) is 18.6. The van der Waals surface area contributed by atoms with Gasteiger partial charge in [-0.25, -0.2) is 4.79 Å². The minimum atomic E-state index is -0.193. The number of hydrogen-bond donors (Lipinski definition) is 3. The minimum absolute atomic E-state index is 0.153. The summed E-state index contributed by atoms with van der Waals surface area (Å²) in [5.74, 6) is 0.268. The molecule has 0 aliphatic carbocycles. The Morgan fingerprint density at radius 3 is 2.88 bits per heavy atom. The number of aliphatic hydroxyl groups is 1. The highest BCUT2D eigenvalue weighted by atomic mass is 16.3. The van der Waals surface area contributed by atoms with Gasteiger partial charge in [-0.2, -0.15) is 0 Å². The molecule has 2 rings (SSSR count). The predicted molar refractivity (Wildman–Crippen MR) is 99.7 cm³/mol. The molecule has 1 aromatic carbocycles. The summed E-state index contributed by atoms with van der Waals surface area (Å²) in [7, 11) is 0. The van der Waals surface area contributed by atoms with Crippen molar-refractivity contribution < 1.29 is 9.90 Å². The van der Waals surface area contributed by atoms with Crippen LogP contribution in [0.5, 0.6) is 0 Å². The van der Waals surface area contributed by atoms with E-state index in [1.165, 1.54) is 24.9 Å². The second-order valence-corrected chi connectivity index (χ2v) is 6.99. The molecule has 5 heteroatoms. The fraction of sp³-hybridized carbons (Fsp3) is 0.632. The van der Waals surface area contributed by atoms with Crippen LogP contribution in [0.3, 0.4) is 0 Å². The van der Waals surface area contributed by atoms with E-state index in [2.05, 4.69) is 34.6 Å². The maximum Gasteiger partial charge on any atom is 0.319 e. The molecule has 3 N–H and O–H groups in total. The van der Waals surface area contributed by atoms with Gasteiger partial charge in [-0.15, -0.1) is 0 Å². The number of piperidine rings is 1. The van der Waals surface area contributed by atoms with Gasteiger partial charge in [0.15, 0.2) is 0 Å². The summed E-state index contributed by atoms with van der Waals surface area (Å²) in [6.45, 7) is 8.14. The van der Waals surface area contributed by atoms with Crippen LogP contribution in [0.4, 0.5) is 16.2 Å². The summed E-state index contributed by atoms with van der Waals surface area (Å²) in [6.07, 6.45) is 4.50. The number of nitrogens with zero attached hydrogens (tertiary/aromatic N) is 1. The molecule has 0 radical (unpaired) electrons. The van der Waals surface area contributed by atoms with E-state index in [1.54, 1.807) is 0 Å². The number of nitrogens with one attached hydrogen (secondary N) is 2. The summed E-state index contributed by atoms with van der Waals surface area (Å²) in [5.41, 5.74) is 3.15. The second-order valence-electron chi connectivity index (χ2n) is 6.99. The molecule has 24 heavy (non-hydrogen) atoms. The van der Waals surface area contributed by atoms with Gasteiger partial charge < -0.3 is 20.6 Å². The molecule has 1 aliphatic heterocycles. The smallest absolute Gasteiger partial charge is 0.319 e. The molecule has 1 saturated heterocycles. The Morgan fingerprint density at radius 2 is 2.21 bits per heavy atom. The van der Waals surface area contributed by atoms with Crippen molar-refractivity contribution in [1.29, 1.82) is 0 Å². The highest BCUT2D eigenvalue weighted by Gasteiger charge is 2.19. The zero-order valence-corrected chi connectivity index (χ0v) is 15.1. The lowest BCUT2D eigenvalue weighted by Crippen LogP contribution is -2.37. The fourth-order valence-corrected chi connectivity index (χ4v) is 3.20. The SMILES string of the molecule is Cc1cc(N2CCCCC2C)ccc1NC(=O)NCC(C)CCO. The lowest BCUT2D eigenvalue weighted by Gasteiger charge is -2.35. The third kappa shape index (κ3) is 5.13. The van der Waals surface area contributed by atoms with Crippen molar-refractivity contribution in [3.8, 4) is 0 Å². The molecule has 2 amide bonds. The monoisotopic (exact) mass is 333 g/mol. The summed E-state index contributed by atoms with van der Waals surface area (Å²) < 4.78 is 0. The number of aryl methyl sites for hydroxylation is 1. The van der Waals surface area contributed by atoms with Crippen LogP contribution in [-0.2, 0) is 0 Å². The Kier molecular flexibility index (Phi) is 6.91. The Labute approximate surface area is 145 Å². The predicted octanol–water partition coefficient (Wildman–Crippen LogP) is 3.51. The van der Waals surface area contributed by atoms with Crippen LogP contribution in [-0.4, -0.2) is 36.9 Å². The molecule has 134 valence electrons. The molecule has 5 nitrogen and oxygen atoms in total. The minimum Gasteiger partial charge on any atom is -0.396 e. The van der Waals surface area contributed by atoms with E-state index >= 15 is 0 Å². The van der Waals surface area contributed by atoms with Crippen molar-refractivity contribution in [2.75, 3.05) is 29.9 Å². The zero-order valence-electron chi connectivity index (χ0n) is 15.1. The first-order chi connectivity index (χ1) is 11.5. The van der Waals surface area contributed by atoms with Crippen molar-refractivity contribution in [1.82, 2.24) is 5.32 Å². The molecular weight excluding hydrogens is 302 g/mol. The molecule has 0 saturated carbocycles. The normalized spacial score (nSPS) is 19.0. The third-order valence-corrected chi connectivity index (χ3v) is 4.83. The molecule has 0 bridgehead atoms. The Balaban J connectivity index is 1.93. The van der Waals surface area contributed by atoms with Gasteiger partial charge in [0.2, 0.25) is 0 Å². The van der Waals surface area contributed by atoms with Crippen LogP contribution in [0, 0.1) is 12.8 Å².